The predicted molar refractivity (Wildman–Crippen MR) is 122 cm³/mol. The highest BCUT2D eigenvalue weighted by Gasteiger charge is 2.27. The fourth-order valence-electron chi connectivity index (χ4n) is 4.27. The van der Waals surface area contributed by atoms with E-state index in [4.69, 9.17) is 19.4 Å². The smallest absolute Gasteiger partial charge is 0.258 e. The van der Waals surface area contributed by atoms with Gasteiger partial charge in [0.2, 0.25) is 0 Å². The van der Waals surface area contributed by atoms with Gasteiger partial charge in [-0.1, -0.05) is 18.6 Å². The van der Waals surface area contributed by atoms with Gasteiger partial charge in [0.15, 0.2) is 11.5 Å². The van der Waals surface area contributed by atoms with Crippen LogP contribution in [-0.2, 0) is 6.54 Å². The van der Waals surface area contributed by atoms with Crippen molar-refractivity contribution < 1.29 is 9.47 Å². The molecule has 0 spiro atoms. The minimum atomic E-state index is -0.172. The molecule has 1 aliphatic heterocycles. The molecule has 1 saturated heterocycles. The topological polar surface area (TPSA) is 80.3 Å². The monoisotopic (exact) mass is 436 g/mol. The first kappa shape index (κ1) is 20.0. The van der Waals surface area contributed by atoms with Crippen molar-refractivity contribution in [1.29, 1.82) is 0 Å². The second-order valence-electron chi connectivity index (χ2n) is 7.74. The summed E-state index contributed by atoms with van der Waals surface area (Å²) >= 11 is 1.76. The molecule has 1 fully saturated rings. The second-order valence-corrected chi connectivity index (χ2v) is 8.80. The number of hydrogen-bond acceptors (Lipinski definition) is 7. The van der Waals surface area contributed by atoms with Gasteiger partial charge >= 0.3 is 0 Å². The molecule has 160 valence electrons. The normalized spacial score (nSPS) is 17.3. The molecule has 1 atom stereocenters. The van der Waals surface area contributed by atoms with Gasteiger partial charge in [0.05, 0.1) is 47.9 Å². The van der Waals surface area contributed by atoms with Crippen molar-refractivity contribution in [2.75, 3.05) is 20.8 Å². The van der Waals surface area contributed by atoms with Crippen molar-refractivity contribution in [2.24, 2.45) is 0 Å². The Morgan fingerprint density at radius 3 is 2.71 bits per heavy atom. The SMILES string of the molecule is COc1cc2nc(CN3CCCC[C@H]3c3nc4ccccc4s3)[nH]c(=O)c2cc1OC. The Labute approximate surface area is 183 Å². The first-order valence-corrected chi connectivity index (χ1v) is 11.2. The third-order valence-corrected chi connectivity index (χ3v) is 6.96. The van der Waals surface area contributed by atoms with E-state index >= 15 is 0 Å². The Morgan fingerprint density at radius 1 is 1.10 bits per heavy atom. The molecular formula is C23H24N4O3S. The van der Waals surface area contributed by atoms with Gasteiger partial charge < -0.3 is 14.5 Å². The Hall–Kier alpha value is -2.97. The maximum Gasteiger partial charge on any atom is 0.258 e. The Balaban J connectivity index is 1.48. The number of fused-ring (bicyclic) bond motifs is 2. The van der Waals surface area contributed by atoms with Gasteiger partial charge in [-0.15, -0.1) is 11.3 Å². The molecule has 2 aromatic carbocycles. The molecule has 0 bridgehead atoms. The molecule has 8 heteroatoms. The van der Waals surface area contributed by atoms with Crippen molar-refractivity contribution in [3.05, 3.63) is 57.6 Å². The average Bonchev–Trinajstić information content (AvgIpc) is 3.23. The van der Waals surface area contributed by atoms with Crippen molar-refractivity contribution in [2.45, 2.75) is 31.8 Å². The van der Waals surface area contributed by atoms with E-state index in [0.717, 1.165) is 29.9 Å². The quantitative estimate of drug-likeness (QED) is 0.503. The summed E-state index contributed by atoms with van der Waals surface area (Å²) in [4.78, 5) is 27.7. The van der Waals surface area contributed by atoms with Crippen LogP contribution in [0.5, 0.6) is 11.5 Å². The maximum absolute atomic E-state index is 12.8. The highest BCUT2D eigenvalue weighted by Crippen LogP contribution is 2.36. The number of methoxy groups -OCH3 is 2. The van der Waals surface area contributed by atoms with Gasteiger partial charge in [0, 0.05) is 6.07 Å². The molecule has 0 amide bonds. The number of nitrogens with one attached hydrogen (secondary N) is 1. The number of aromatic amines is 1. The number of rotatable bonds is 5. The number of aromatic nitrogens is 3. The number of hydrogen-bond donors (Lipinski definition) is 1. The van der Waals surface area contributed by atoms with Crippen molar-refractivity contribution in [3.63, 3.8) is 0 Å². The van der Waals surface area contributed by atoms with Gasteiger partial charge in [-0.05, 0) is 37.6 Å². The Bertz CT molecular complexity index is 1270. The van der Waals surface area contributed by atoms with Crippen molar-refractivity contribution in [3.8, 4) is 11.5 Å². The number of likely N-dealkylation sites (tertiary alicyclic amines) is 1. The minimum absolute atomic E-state index is 0.172. The second kappa shape index (κ2) is 8.28. The molecule has 0 aliphatic carbocycles. The van der Waals surface area contributed by atoms with E-state index in [0.29, 0.717) is 34.8 Å². The van der Waals surface area contributed by atoms with Crippen LogP contribution in [0.15, 0.2) is 41.2 Å². The Morgan fingerprint density at radius 2 is 1.90 bits per heavy atom. The summed E-state index contributed by atoms with van der Waals surface area (Å²) in [6, 6.07) is 11.9. The molecule has 31 heavy (non-hydrogen) atoms. The molecule has 1 aliphatic rings. The lowest BCUT2D eigenvalue weighted by Gasteiger charge is -2.34. The number of thiazole rings is 1. The lowest BCUT2D eigenvalue weighted by Crippen LogP contribution is -2.34. The molecule has 3 heterocycles. The molecule has 5 rings (SSSR count). The van der Waals surface area contributed by atoms with E-state index in [1.54, 1.807) is 37.7 Å². The molecule has 0 saturated carbocycles. The molecular weight excluding hydrogens is 412 g/mol. The number of piperidine rings is 1. The minimum Gasteiger partial charge on any atom is -0.493 e. The van der Waals surface area contributed by atoms with Gasteiger partial charge in [0.25, 0.3) is 5.56 Å². The zero-order valence-electron chi connectivity index (χ0n) is 17.6. The molecule has 1 N–H and O–H groups in total. The van der Waals surface area contributed by atoms with E-state index in [2.05, 4.69) is 28.1 Å². The van der Waals surface area contributed by atoms with Crippen molar-refractivity contribution in [1.82, 2.24) is 19.9 Å². The molecule has 0 radical (unpaired) electrons. The first-order chi connectivity index (χ1) is 15.2. The molecule has 4 aromatic rings. The van der Waals surface area contributed by atoms with Crippen LogP contribution in [0.2, 0.25) is 0 Å². The van der Waals surface area contributed by atoms with Crippen molar-refractivity contribution >= 4 is 32.5 Å². The lowest BCUT2D eigenvalue weighted by molar-refractivity contribution is 0.137. The zero-order chi connectivity index (χ0) is 21.4. The molecule has 2 aromatic heterocycles. The molecule has 7 nitrogen and oxygen atoms in total. The van der Waals surface area contributed by atoms with Crippen LogP contribution in [0.4, 0.5) is 0 Å². The van der Waals surface area contributed by atoms with E-state index in [1.165, 1.54) is 11.1 Å². The van der Waals surface area contributed by atoms with E-state index in [-0.39, 0.29) is 11.6 Å². The lowest BCUT2D eigenvalue weighted by atomic mass is 10.0. The van der Waals surface area contributed by atoms with Gasteiger partial charge in [-0.3, -0.25) is 9.69 Å². The van der Waals surface area contributed by atoms with Crippen LogP contribution in [0.25, 0.3) is 21.1 Å². The fraction of sp³-hybridized carbons (Fsp3) is 0.348. The van der Waals surface area contributed by atoms with Crippen LogP contribution < -0.4 is 15.0 Å². The number of H-pyrrole nitrogens is 1. The van der Waals surface area contributed by atoms with Crippen LogP contribution in [0.3, 0.4) is 0 Å². The zero-order valence-corrected chi connectivity index (χ0v) is 18.4. The summed E-state index contributed by atoms with van der Waals surface area (Å²) < 4.78 is 11.9. The van der Waals surface area contributed by atoms with Gasteiger partial charge in [0.1, 0.15) is 10.8 Å². The summed E-state index contributed by atoms with van der Waals surface area (Å²) in [6.07, 6.45) is 3.36. The number of nitrogens with zero attached hydrogens (tertiary/aromatic N) is 3. The highest BCUT2D eigenvalue weighted by atomic mass is 32.1. The van der Waals surface area contributed by atoms with E-state index in [9.17, 15) is 4.79 Å². The largest absolute Gasteiger partial charge is 0.493 e. The molecule has 0 unspecified atom stereocenters. The fourth-order valence-corrected chi connectivity index (χ4v) is 5.41. The van der Waals surface area contributed by atoms with Gasteiger partial charge in [-0.2, -0.15) is 0 Å². The Kier molecular flexibility index (Phi) is 5.33. The van der Waals surface area contributed by atoms with E-state index < -0.39 is 0 Å². The number of para-hydroxylation sites is 1. The summed E-state index contributed by atoms with van der Waals surface area (Å²) in [5, 5.41) is 1.62. The maximum atomic E-state index is 12.8. The van der Waals surface area contributed by atoms with Crippen LogP contribution >= 0.6 is 11.3 Å². The van der Waals surface area contributed by atoms with Gasteiger partial charge in [-0.25, -0.2) is 9.97 Å². The number of benzene rings is 2. The predicted octanol–water partition coefficient (Wildman–Crippen LogP) is 4.28. The van der Waals surface area contributed by atoms with Crippen LogP contribution in [0.1, 0.15) is 36.1 Å². The van der Waals surface area contributed by atoms with Crippen LogP contribution in [-0.4, -0.2) is 40.6 Å². The third-order valence-electron chi connectivity index (χ3n) is 5.82. The first-order valence-electron chi connectivity index (χ1n) is 10.4. The highest BCUT2D eigenvalue weighted by molar-refractivity contribution is 7.18. The van der Waals surface area contributed by atoms with E-state index in [1.807, 2.05) is 6.07 Å². The standard InChI is InChI=1S/C23H24N4O3S/c1-29-18-11-14-16(12-19(18)30-2)24-21(26-22(14)28)13-27-10-6-5-8-17(27)23-25-15-7-3-4-9-20(15)31-23/h3-4,7,9,11-12,17H,5-6,8,10,13H2,1-2H3,(H,24,26,28)/t17-/m0/s1. The summed E-state index contributed by atoms with van der Waals surface area (Å²) in [5.41, 5.74) is 1.48. The third kappa shape index (κ3) is 3.77. The average molecular weight is 437 g/mol. The summed E-state index contributed by atoms with van der Waals surface area (Å²) in [7, 11) is 3.13. The summed E-state index contributed by atoms with van der Waals surface area (Å²) in [6.45, 7) is 1.52. The number of ether oxygens (including phenoxy) is 2. The summed E-state index contributed by atoms with van der Waals surface area (Å²) in [5.74, 6) is 1.73. The van der Waals surface area contributed by atoms with Crippen LogP contribution in [0, 0.1) is 0 Å².